The Kier molecular flexibility index (Phi) is 8.79. The van der Waals surface area contributed by atoms with Crippen LogP contribution in [0.3, 0.4) is 0 Å². The molecule has 3 rings (SSSR count). The number of aryl methyl sites for hydroxylation is 2. The van der Waals surface area contributed by atoms with Crippen LogP contribution < -0.4 is 38.0 Å². The highest BCUT2D eigenvalue weighted by Crippen LogP contribution is 2.37. The van der Waals surface area contributed by atoms with Crippen LogP contribution in [0, 0.1) is 0 Å². The van der Waals surface area contributed by atoms with E-state index < -0.39 is 0 Å². The van der Waals surface area contributed by atoms with Gasteiger partial charge in [0.05, 0.1) is 26.9 Å². The Morgan fingerprint density at radius 3 is 2.67 bits per heavy atom. The molecular formula is C21H28INO4. The third kappa shape index (κ3) is 6.05. The van der Waals surface area contributed by atoms with E-state index >= 15 is 0 Å². The first-order valence-electron chi connectivity index (χ1n) is 9.12. The average molecular weight is 485 g/mol. The van der Waals surface area contributed by atoms with Crippen LogP contribution in [0.1, 0.15) is 36.5 Å². The van der Waals surface area contributed by atoms with E-state index in [9.17, 15) is 0 Å². The summed E-state index contributed by atoms with van der Waals surface area (Å²) in [5, 5.41) is 0. The fourth-order valence-corrected chi connectivity index (χ4v) is 3.32. The minimum atomic E-state index is -0.125. The van der Waals surface area contributed by atoms with Crippen LogP contribution in [0.4, 0.5) is 0 Å². The van der Waals surface area contributed by atoms with Gasteiger partial charge in [0.25, 0.3) is 0 Å². The van der Waals surface area contributed by atoms with Crippen molar-refractivity contribution in [2.45, 2.75) is 38.1 Å². The highest BCUT2D eigenvalue weighted by Gasteiger charge is 2.27. The van der Waals surface area contributed by atoms with Gasteiger partial charge in [0.15, 0.2) is 30.2 Å². The summed E-state index contributed by atoms with van der Waals surface area (Å²) in [6, 6.07) is 10.2. The Morgan fingerprint density at radius 2 is 1.93 bits per heavy atom. The lowest BCUT2D eigenvalue weighted by molar-refractivity contribution is -0.671. The van der Waals surface area contributed by atoms with Crippen LogP contribution >= 0.6 is 0 Å². The normalized spacial score (nSPS) is 18.8. The topological polar surface area (TPSA) is 40.8 Å². The fraction of sp³-hybridized carbons (Fsp3) is 0.476. The highest BCUT2D eigenvalue weighted by atomic mass is 127. The molecule has 27 heavy (non-hydrogen) atoms. The summed E-state index contributed by atoms with van der Waals surface area (Å²) in [6.07, 6.45) is 7.99. The van der Waals surface area contributed by atoms with Gasteiger partial charge in [-0.05, 0) is 43.0 Å². The Morgan fingerprint density at radius 1 is 1.11 bits per heavy atom. The van der Waals surface area contributed by atoms with Gasteiger partial charge in [0.2, 0.25) is 0 Å². The quantitative estimate of drug-likeness (QED) is 0.308. The van der Waals surface area contributed by atoms with E-state index in [1.54, 1.807) is 14.2 Å². The van der Waals surface area contributed by atoms with Crippen molar-refractivity contribution in [1.29, 1.82) is 0 Å². The highest BCUT2D eigenvalue weighted by molar-refractivity contribution is 5.43. The van der Waals surface area contributed by atoms with Crippen molar-refractivity contribution in [2.75, 3.05) is 20.8 Å². The van der Waals surface area contributed by atoms with Crippen molar-refractivity contribution in [3.8, 4) is 11.5 Å². The van der Waals surface area contributed by atoms with Gasteiger partial charge in [0, 0.05) is 18.1 Å². The van der Waals surface area contributed by atoms with Gasteiger partial charge in [-0.2, -0.15) is 0 Å². The molecule has 0 bridgehead atoms. The molecule has 148 valence electrons. The maximum atomic E-state index is 6.07. The number of aromatic nitrogens is 1. The zero-order valence-electron chi connectivity index (χ0n) is 16.2. The van der Waals surface area contributed by atoms with E-state index in [4.69, 9.17) is 18.9 Å². The van der Waals surface area contributed by atoms with Crippen molar-refractivity contribution >= 4 is 0 Å². The standard InChI is InChI=1S/C21H28NO4.HI/c1-22-12-4-6-16(15-22)7-5-13-25-21-11-10-18(26-21)17-8-9-19(23-2)20(14-17)24-3;/h4,6,8-9,12,14-15,18,21H,5,7,10-11,13H2,1-3H3;1H/q+1;/p-1/t18-,21-;/m0./s1. The van der Waals surface area contributed by atoms with E-state index in [0.29, 0.717) is 6.61 Å². The number of benzene rings is 1. The molecule has 0 unspecified atom stereocenters. The van der Waals surface area contributed by atoms with Crippen LogP contribution in [0.5, 0.6) is 11.5 Å². The molecule has 1 aliphatic rings. The molecule has 1 saturated heterocycles. The van der Waals surface area contributed by atoms with Gasteiger partial charge in [-0.3, -0.25) is 0 Å². The number of pyridine rings is 1. The molecule has 0 radical (unpaired) electrons. The lowest BCUT2D eigenvalue weighted by Crippen LogP contribution is -3.00. The Labute approximate surface area is 178 Å². The zero-order valence-corrected chi connectivity index (χ0v) is 18.3. The summed E-state index contributed by atoms with van der Waals surface area (Å²) in [5.74, 6) is 1.46. The zero-order chi connectivity index (χ0) is 18.4. The molecule has 0 spiro atoms. The minimum Gasteiger partial charge on any atom is -1.00 e. The van der Waals surface area contributed by atoms with E-state index in [1.165, 1.54) is 5.56 Å². The molecule has 1 aliphatic heterocycles. The molecule has 2 heterocycles. The summed E-state index contributed by atoms with van der Waals surface area (Å²) >= 11 is 0. The predicted octanol–water partition coefficient (Wildman–Crippen LogP) is 0.359. The van der Waals surface area contributed by atoms with Crippen molar-refractivity contribution in [3.63, 3.8) is 0 Å². The second kappa shape index (κ2) is 10.8. The summed E-state index contributed by atoms with van der Waals surface area (Å²) < 4.78 is 24.7. The minimum absolute atomic E-state index is 0. The number of methoxy groups -OCH3 is 2. The third-order valence-electron chi connectivity index (χ3n) is 4.67. The number of nitrogens with zero attached hydrogens (tertiary/aromatic N) is 1. The smallest absolute Gasteiger partial charge is 0.171 e. The maximum Gasteiger partial charge on any atom is 0.171 e. The van der Waals surface area contributed by atoms with E-state index in [2.05, 4.69) is 22.9 Å². The molecule has 0 amide bonds. The van der Waals surface area contributed by atoms with Crippen molar-refractivity contribution < 1.29 is 47.5 Å². The van der Waals surface area contributed by atoms with E-state index in [0.717, 1.165) is 42.7 Å². The molecular weight excluding hydrogens is 457 g/mol. The number of halogens is 1. The second-order valence-corrected chi connectivity index (χ2v) is 6.60. The van der Waals surface area contributed by atoms with Crippen LogP contribution in [0.15, 0.2) is 42.7 Å². The largest absolute Gasteiger partial charge is 1.00 e. The van der Waals surface area contributed by atoms with Crippen molar-refractivity contribution in [1.82, 2.24) is 0 Å². The lowest BCUT2D eigenvalue weighted by Gasteiger charge is -2.16. The summed E-state index contributed by atoms with van der Waals surface area (Å²) in [5.41, 5.74) is 2.43. The first kappa shape index (κ1) is 21.9. The van der Waals surface area contributed by atoms with Crippen LogP contribution in [-0.4, -0.2) is 27.1 Å². The molecule has 2 atom stereocenters. The molecule has 1 aromatic heterocycles. The van der Waals surface area contributed by atoms with Gasteiger partial charge < -0.3 is 42.9 Å². The average Bonchev–Trinajstić information content (AvgIpc) is 3.13. The molecule has 1 aromatic carbocycles. The van der Waals surface area contributed by atoms with E-state index in [-0.39, 0.29) is 36.4 Å². The molecule has 6 heteroatoms. The van der Waals surface area contributed by atoms with Gasteiger partial charge >= 0.3 is 0 Å². The lowest BCUT2D eigenvalue weighted by atomic mass is 10.1. The maximum absolute atomic E-state index is 6.07. The molecule has 1 fully saturated rings. The first-order valence-corrected chi connectivity index (χ1v) is 9.12. The van der Waals surface area contributed by atoms with Gasteiger partial charge in [-0.1, -0.05) is 6.07 Å². The number of rotatable bonds is 8. The van der Waals surface area contributed by atoms with Crippen LogP contribution in [0.25, 0.3) is 0 Å². The van der Waals surface area contributed by atoms with E-state index in [1.807, 2.05) is 31.4 Å². The molecule has 5 nitrogen and oxygen atoms in total. The SMILES string of the molecule is COc1ccc([C@@H]2CC[C@@H](OCCCc3ccc[n+](C)c3)O2)cc1OC.[I-]. The number of hydrogen-bond donors (Lipinski definition) is 0. The number of hydrogen-bond acceptors (Lipinski definition) is 4. The molecule has 0 aliphatic carbocycles. The van der Waals surface area contributed by atoms with Gasteiger partial charge in [-0.15, -0.1) is 0 Å². The van der Waals surface area contributed by atoms with Crippen LogP contribution in [0.2, 0.25) is 0 Å². The Hall–Kier alpha value is -1.38. The molecule has 0 saturated carbocycles. The van der Waals surface area contributed by atoms with Gasteiger partial charge in [0.1, 0.15) is 7.05 Å². The van der Waals surface area contributed by atoms with Gasteiger partial charge in [-0.25, -0.2) is 4.57 Å². The molecule has 2 aromatic rings. The monoisotopic (exact) mass is 485 g/mol. The summed E-state index contributed by atoms with van der Waals surface area (Å²) in [7, 11) is 5.33. The summed E-state index contributed by atoms with van der Waals surface area (Å²) in [4.78, 5) is 0. The Balaban J connectivity index is 0.00000261. The Bertz CT molecular complexity index is 725. The molecule has 0 N–H and O–H groups in total. The van der Waals surface area contributed by atoms with Crippen molar-refractivity contribution in [3.05, 3.63) is 53.9 Å². The number of ether oxygens (including phenoxy) is 4. The van der Waals surface area contributed by atoms with Crippen LogP contribution in [-0.2, 0) is 22.9 Å². The third-order valence-corrected chi connectivity index (χ3v) is 4.67. The predicted molar refractivity (Wildman–Crippen MR) is 98.3 cm³/mol. The first-order chi connectivity index (χ1) is 12.7. The second-order valence-electron chi connectivity index (χ2n) is 6.60. The van der Waals surface area contributed by atoms with Crippen molar-refractivity contribution in [2.24, 2.45) is 7.05 Å². The fourth-order valence-electron chi connectivity index (χ4n) is 3.32. The summed E-state index contributed by atoms with van der Waals surface area (Å²) in [6.45, 7) is 0.710.